The van der Waals surface area contributed by atoms with Gasteiger partial charge in [-0.25, -0.2) is 4.79 Å². The van der Waals surface area contributed by atoms with Crippen LogP contribution in [0.5, 0.6) is 5.75 Å². The van der Waals surface area contributed by atoms with Crippen molar-refractivity contribution >= 4 is 11.7 Å². The Hall–Kier alpha value is -1.71. The third-order valence-electron chi connectivity index (χ3n) is 4.33. The van der Waals surface area contributed by atoms with E-state index in [0.29, 0.717) is 28.8 Å². The van der Waals surface area contributed by atoms with Crippen LogP contribution in [0.1, 0.15) is 43.5 Å². The quantitative estimate of drug-likeness (QED) is 0.680. The summed E-state index contributed by atoms with van der Waals surface area (Å²) in [5, 5.41) is 0. The Bertz CT molecular complexity index is 487. The molecule has 1 aliphatic rings. The van der Waals surface area contributed by atoms with Crippen molar-refractivity contribution in [3.8, 4) is 5.75 Å². The van der Waals surface area contributed by atoms with Crippen LogP contribution in [0, 0.1) is 11.8 Å². The van der Waals surface area contributed by atoms with Crippen molar-refractivity contribution in [2.24, 2.45) is 11.8 Å². The highest BCUT2D eigenvalue weighted by Crippen LogP contribution is 2.32. The summed E-state index contributed by atoms with van der Waals surface area (Å²) in [6.45, 7) is 4.47. The summed E-state index contributed by atoms with van der Waals surface area (Å²) in [7, 11) is 1.53. The molecule has 4 nitrogen and oxygen atoms in total. The monoisotopic (exact) mass is 277 g/mol. The van der Waals surface area contributed by atoms with Gasteiger partial charge in [0.25, 0.3) is 0 Å². The van der Waals surface area contributed by atoms with Crippen LogP contribution in [0.4, 0.5) is 5.69 Å². The lowest BCUT2D eigenvalue weighted by Gasteiger charge is -2.31. The van der Waals surface area contributed by atoms with Gasteiger partial charge in [0.15, 0.2) is 0 Å². The number of benzene rings is 1. The summed E-state index contributed by atoms with van der Waals surface area (Å²) >= 11 is 0. The van der Waals surface area contributed by atoms with E-state index in [0.717, 1.165) is 19.3 Å². The number of methoxy groups -OCH3 is 1. The van der Waals surface area contributed by atoms with Crippen LogP contribution in [0.3, 0.4) is 0 Å². The van der Waals surface area contributed by atoms with Gasteiger partial charge < -0.3 is 15.2 Å². The molecule has 0 aromatic heterocycles. The molecule has 3 atom stereocenters. The lowest BCUT2D eigenvalue weighted by atomic mass is 9.80. The molecule has 0 amide bonds. The van der Waals surface area contributed by atoms with E-state index in [9.17, 15) is 4.79 Å². The molecular weight excluding hydrogens is 254 g/mol. The summed E-state index contributed by atoms with van der Waals surface area (Å²) < 4.78 is 10.7. The van der Waals surface area contributed by atoms with Crippen LogP contribution in [0.15, 0.2) is 18.2 Å². The highest BCUT2D eigenvalue weighted by Gasteiger charge is 2.28. The van der Waals surface area contributed by atoms with Gasteiger partial charge in [-0.3, -0.25) is 0 Å². The van der Waals surface area contributed by atoms with Gasteiger partial charge >= 0.3 is 5.97 Å². The van der Waals surface area contributed by atoms with Crippen molar-refractivity contribution < 1.29 is 14.3 Å². The van der Waals surface area contributed by atoms with Gasteiger partial charge in [0.1, 0.15) is 11.9 Å². The normalized spacial score (nSPS) is 26.1. The number of carbonyl (C=O) groups is 1. The summed E-state index contributed by atoms with van der Waals surface area (Å²) in [5.74, 6) is 1.44. The molecule has 1 aliphatic carbocycles. The van der Waals surface area contributed by atoms with Crippen molar-refractivity contribution in [2.45, 2.75) is 39.2 Å². The maximum absolute atomic E-state index is 12.2. The highest BCUT2D eigenvalue weighted by atomic mass is 16.5. The van der Waals surface area contributed by atoms with Gasteiger partial charge in [0, 0.05) is 0 Å². The smallest absolute Gasteiger partial charge is 0.340 e. The Morgan fingerprint density at radius 1 is 1.25 bits per heavy atom. The number of rotatable bonds is 3. The van der Waals surface area contributed by atoms with Gasteiger partial charge in [-0.1, -0.05) is 19.9 Å². The molecule has 4 heteroatoms. The average Bonchev–Trinajstić information content (AvgIpc) is 2.43. The van der Waals surface area contributed by atoms with Crippen molar-refractivity contribution in [3.63, 3.8) is 0 Å². The van der Waals surface area contributed by atoms with E-state index in [4.69, 9.17) is 15.2 Å². The molecule has 1 aromatic carbocycles. The molecule has 3 unspecified atom stereocenters. The third kappa shape index (κ3) is 3.06. The van der Waals surface area contributed by atoms with E-state index in [1.54, 1.807) is 18.2 Å². The Morgan fingerprint density at radius 2 is 2.00 bits per heavy atom. The predicted octanol–water partition coefficient (Wildman–Crippen LogP) is 3.26. The minimum Gasteiger partial charge on any atom is -0.495 e. The second kappa shape index (κ2) is 6.16. The molecule has 0 saturated heterocycles. The number of ether oxygens (including phenoxy) is 2. The van der Waals surface area contributed by atoms with E-state index >= 15 is 0 Å². The van der Waals surface area contributed by atoms with Crippen LogP contribution in [0.2, 0.25) is 0 Å². The number of carbonyl (C=O) groups excluding carboxylic acids is 1. The number of hydrogen-bond acceptors (Lipinski definition) is 4. The van der Waals surface area contributed by atoms with E-state index in [1.807, 2.05) is 0 Å². The zero-order chi connectivity index (χ0) is 14.7. The average molecular weight is 277 g/mol. The molecular formula is C16H23NO3. The van der Waals surface area contributed by atoms with Gasteiger partial charge in [0.05, 0.1) is 18.4 Å². The fraction of sp³-hybridized carbons (Fsp3) is 0.562. The van der Waals surface area contributed by atoms with E-state index < -0.39 is 0 Å². The number of nitrogens with two attached hydrogens (primary N) is 1. The fourth-order valence-electron chi connectivity index (χ4n) is 2.72. The molecule has 2 rings (SSSR count). The second-order valence-electron chi connectivity index (χ2n) is 5.72. The molecule has 1 fully saturated rings. The Labute approximate surface area is 120 Å². The van der Waals surface area contributed by atoms with Gasteiger partial charge in [0.2, 0.25) is 0 Å². The number of anilines is 1. The van der Waals surface area contributed by atoms with Crippen LogP contribution in [-0.4, -0.2) is 19.2 Å². The molecule has 1 saturated carbocycles. The van der Waals surface area contributed by atoms with Crippen LogP contribution < -0.4 is 10.5 Å². The zero-order valence-electron chi connectivity index (χ0n) is 12.4. The van der Waals surface area contributed by atoms with E-state index in [1.165, 1.54) is 7.11 Å². The minimum atomic E-state index is -0.354. The Morgan fingerprint density at radius 3 is 2.65 bits per heavy atom. The van der Waals surface area contributed by atoms with Crippen LogP contribution in [0.25, 0.3) is 0 Å². The molecule has 2 N–H and O–H groups in total. The van der Waals surface area contributed by atoms with Gasteiger partial charge in [-0.15, -0.1) is 0 Å². The summed E-state index contributed by atoms with van der Waals surface area (Å²) in [5.41, 5.74) is 6.65. The Kier molecular flexibility index (Phi) is 4.53. The van der Waals surface area contributed by atoms with Crippen molar-refractivity contribution in [1.29, 1.82) is 0 Å². The van der Waals surface area contributed by atoms with Crippen molar-refractivity contribution in [1.82, 2.24) is 0 Å². The minimum absolute atomic E-state index is 0.000647. The molecule has 20 heavy (non-hydrogen) atoms. The first-order valence-corrected chi connectivity index (χ1v) is 7.16. The standard InChI is InChI=1S/C16H23NO3/c1-10-7-8-12(9-11(10)2)20-16(18)13-5-4-6-14(19-3)15(13)17/h4-6,10-12H,7-9,17H2,1-3H3. The first kappa shape index (κ1) is 14.7. The SMILES string of the molecule is COc1cccc(C(=O)OC2CCC(C)C(C)C2)c1N. The first-order chi connectivity index (χ1) is 9.52. The van der Waals surface area contributed by atoms with E-state index in [-0.39, 0.29) is 12.1 Å². The Balaban J connectivity index is 2.05. The summed E-state index contributed by atoms with van der Waals surface area (Å²) in [6, 6.07) is 5.16. The zero-order valence-corrected chi connectivity index (χ0v) is 12.4. The molecule has 110 valence electrons. The number of hydrogen-bond donors (Lipinski definition) is 1. The van der Waals surface area contributed by atoms with Crippen molar-refractivity contribution in [2.75, 3.05) is 12.8 Å². The van der Waals surface area contributed by atoms with Gasteiger partial charge in [-0.05, 0) is 43.2 Å². The highest BCUT2D eigenvalue weighted by molar-refractivity contribution is 5.96. The molecule has 0 radical (unpaired) electrons. The van der Waals surface area contributed by atoms with E-state index in [2.05, 4.69) is 13.8 Å². The maximum atomic E-state index is 12.2. The fourth-order valence-corrected chi connectivity index (χ4v) is 2.72. The van der Waals surface area contributed by atoms with Gasteiger partial charge in [-0.2, -0.15) is 0 Å². The molecule has 1 aromatic rings. The van der Waals surface area contributed by atoms with Crippen molar-refractivity contribution in [3.05, 3.63) is 23.8 Å². The topological polar surface area (TPSA) is 61.5 Å². The lowest BCUT2D eigenvalue weighted by Crippen LogP contribution is -2.29. The second-order valence-corrected chi connectivity index (χ2v) is 5.72. The summed E-state index contributed by atoms with van der Waals surface area (Å²) in [6.07, 6.45) is 2.96. The molecule has 0 heterocycles. The maximum Gasteiger partial charge on any atom is 0.340 e. The lowest BCUT2D eigenvalue weighted by molar-refractivity contribution is 0.00887. The first-order valence-electron chi connectivity index (χ1n) is 7.16. The molecule has 0 aliphatic heterocycles. The molecule has 0 bridgehead atoms. The third-order valence-corrected chi connectivity index (χ3v) is 4.33. The van der Waals surface area contributed by atoms with Crippen LogP contribution >= 0.6 is 0 Å². The summed E-state index contributed by atoms with van der Waals surface area (Å²) in [4.78, 5) is 12.2. The molecule has 0 spiro atoms. The predicted molar refractivity (Wildman–Crippen MR) is 78.8 cm³/mol. The largest absolute Gasteiger partial charge is 0.495 e. The number of nitrogen functional groups attached to an aromatic ring is 1. The van der Waals surface area contributed by atoms with Crippen LogP contribution in [-0.2, 0) is 4.74 Å². The number of esters is 1. The number of para-hydroxylation sites is 1.